The van der Waals surface area contributed by atoms with Crippen LogP contribution in [0, 0.1) is 5.82 Å². The van der Waals surface area contributed by atoms with E-state index in [1.807, 2.05) is 13.8 Å². The molecule has 7 heteroatoms. The van der Waals surface area contributed by atoms with Crippen LogP contribution in [0.5, 0.6) is 0 Å². The molecule has 2 heterocycles. The molecule has 0 saturated carbocycles. The van der Waals surface area contributed by atoms with Crippen LogP contribution in [-0.4, -0.2) is 15.8 Å². The van der Waals surface area contributed by atoms with Crippen molar-refractivity contribution in [2.45, 2.75) is 13.8 Å². The third-order valence-electron chi connectivity index (χ3n) is 4.51. The smallest absolute Gasteiger partial charge is 0.260 e. The second-order valence-electron chi connectivity index (χ2n) is 6.53. The quantitative estimate of drug-likeness (QED) is 0.260. The van der Waals surface area contributed by atoms with Crippen molar-refractivity contribution in [3.05, 3.63) is 104 Å². The number of rotatable bonds is 4. The Bertz CT molecular complexity index is 1360. The number of hydrogen-bond donors (Lipinski definition) is 1. The molecule has 0 unspecified atom stereocenters. The number of nitrogens with one attached hydrogen (secondary N) is 1. The molecule has 0 fully saturated rings. The Labute approximate surface area is 194 Å². The predicted octanol–water partition coefficient (Wildman–Crippen LogP) is 6.96. The zero-order valence-corrected chi connectivity index (χ0v) is 18.8. The lowest BCUT2D eigenvalue weighted by Gasteiger charge is -2.12. The second-order valence-corrected chi connectivity index (χ2v) is 7.41. The van der Waals surface area contributed by atoms with Gasteiger partial charge in [-0.25, -0.2) is 4.39 Å². The van der Waals surface area contributed by atoms with E-state index in [-0.39, 0.29) is 5.56 Å². The Kier molecular flexibility index (Phi) is 7.57. The van der Waals surface area contributed by atoms with Gasteiger partial charge in [-0.3, -0.25) is 14.6 Å². The van der Waals surface area contributed by atoms with Crippen molar-refractivity contribution in [3.8, 4) is 11.1 Å². The molecule has 4 aromatic rings. The number of benzene rings is 2. The Balaban J connectivity index is 0.00000141. The molecular formula is C25H19Cl2FN2O2. The van der Waals surface area contributed by atoms with Crippen molar-refractivity contribution in [3.63, 3.8) is 0 Å². The summed E-state index contributed by atoms with van der Waals surface area (Å²) in [4.78, 5) is 32.3. The largest absolute Gasteiger partial charge is 0.321 e. The summed E-state index contributed by atoms with van der Waals surface area (Å²) in [6.45, 7) is 4.00. The summed E-state index contributed by atoms with van der Waals surface area (Å²) in [5, 5.41) is 1.61. The molecule has 2 aromatic carbocycles. The maximum atomic E-state index is 13.3. The van der Waals surface area contributed by atoms with Gasteiger partial charge in [-0.1, -0.05) is 49.2 Å². The first-order valence-corrected chi connectivity index (χ1v) is 10.6. The first kappa shape index (κ1) is 23.4. The monoisotopic (exact) mass is 468 g/mol. The van der Waals surface area contributed by atoms with E-state index in [0.717, 1.165) is 6.20 Å². The molecule has 0 amide bonds. The molecule has 4 rings (SSSR count). The fourth-order valence-electron chi connectivity index (χ4n) is 3.19. The first-order chi connectivity index (χ1) is 15.4. The number of ketones is 1. The molecule has 0 atom stereocenters. The highest BCUT2D eigenvalue weighted by molar-refractivity contribution is 6.32. The molecule has 0 spiro atoms. The zero-order chi connectivity index (χ0) is 23.3. The number of pyridine rings is 2. The van der Waals surface area contributed by atoms with Crippen LogP contribution in [0.15, 0.2) is 71.8 Å². The third kappa shape index (κ3) is 5.13. The summed E-state index contributed by atoms with van der Waals surface area (Å²) < 4.78 is 13.3. The van der Waals surface area contributed by atoms with Crippen molar-refractivity contribution in [2.24, 2.45) is 0 Å². The Morgan fingerprint density at radius 1 is 1.00 bits per heavy atom. The summed E-state index contributed by atoms with van der Waals surface area (Å²) in [5.41, 5.74) is 1.44. The second kappa shape index (κ2) is 10.4. The van der Waals surface area contributed by atoms with Gasteiger partial charge in [0.1, 0.15) is 5.82 Å². The Morgan fingerprint density at radius 3 is 2.38 bits per heavy atom. The van der Waals surface area contributed by atoms with Crippen LogP contribution in [-0.2, 0) is 0 Å². The number of fused-ring (bicyclic) bond motifs is 1. The van der Waals surface area contributed by atoms with Gasteiger partial charge in [0.25, 0.3) is 5.56 Å². The summed E-state index contributed by atoms with van der Waals surface area (Å²) >= 11 is 12.2. The summed E-state index contributed by atoms with van der Waals surface area (Å²) in [6, 6.07) is 13.1. The molecule has 0 aliphatic rings. The lowest BCUT2D eigenvalue weighted by atomic mass is 9.94. The molecule has 162 valence electrons. The van der Waals surface area contributed by atoms with Gasteiger partial charge >= 0.3 is 0 Å². The highest BCUT2D eigenvalue weighted by atomic mass is 35.5. The molecule has 0 saturated heterocycles. The molecule has 0 aliphatic heterocycles. The van der Waals surface area contributed by atoms with Crippen LogP contribution >= 0.6 is 23.2 Å². The van der Waals surface area contributed by atoms with Gasteiger partial charge in [0.2, 0.25) is 0 Å². The number of carbonyl (C=O) groups is 1. The molecule has 32 heavy (non-hydrogen) atoms. The minimum Gasteiger partial charge on any atom is -0.321 e. The van der Waals surface area contributed by atoms with Crippen molar-refractivity contribution < 1.29 is 9.18 Å². The predicted molar refractivity (Wildman–Crippen MR) is 129 cm³/mol. The maximum absolute atomic E-state index is 13.3. The van der Waals surface area contributed by atoms with Crippen LogP contribution in [0.25, 0.3) is 28.1 Å². The van der Waals surface area contributed by atoms with E-state index in [0.29, 0.717) is 37.6 Å². The Morgan fingerprint density at radius 2 is 1.69 bits per heavy atom. The molecule has 0 radical (unpaired) electrons. The van der Waals surface area contributed by atoms with E-state index >= 15 is 0 Å². The SMILES string of the molecule is CC.O=C(/C=C/c1cncc(F)c1)c1c(-c2ccc(Cl)cc2)c2cc(Cl)ccc2[nH]c1=O. The highest BCUT2D eigenvalue weighted by Gasteiger charge is 2.19. The summed E-state index contributed by atoms with van der Waals surface area (Å²) in [6.07, 6.45) is 5.11. The van der Waals surface area contributed by atoms with E-state index < -0.39 is 17.2 Å². The lowest BCUT2D eigenvalue weighted by Crippen LogP contribution is -2.18. The fraction of sp³-hybridized carbons (Fsp3) is 0.0800. The van der Waals surface area contributed by atoms with E-state index in [9.17, 15) is 14.0 Å². The average Bonchev–Trinajstić information content (AvgIpc) is 2.79. The van der Waals surface area contributed by atoms with Crippen LogP contribution < -0.4 is 5.56 Å². The lowest BCUT2D eigenvalue weighted by molar-refractivity contribution is 0.104. The van der Waals surface area contributed by atoms with Crippen molar-refractivity contribution in [1.29, 1.82) is 0 Å². The normalized spacial score (nSPS) is 10.8. The van der Waals surface area contributed by atoms with Crippen molar-refractivity contribution >= 4 is 46.0 Å². The van der Waals surface area contributed by atoms with Crippen molar-refractivity contribution in [1.82, 2.24) is 9.97 Å². The van der Waals surface area contributed by atoms with E-state index in [2.05, 4.69) is 9.97 Å². The fourth-order valence-corrected chi connectivity index (χ4v) is 3.49. The number of aromatic amines is 1. The van der Waals surface area contributed by atoms with E-state index in [1.54, 1.807) is 42.5 Å². The van der Waals surface area contributed by atoms with Gasteiger partial charge in [0, 0.05) is 32.7 Å². The van der Waals surface area contributed by atoms with Crippen LogP contribution in [0.3, 0.4) is 0 Å². The number of hydrogen-bond acceptors (Lipinski definition) is 3. The van der Waals surface area contributed by atoms with Gasteiger partial charge in [-0.2, -0.15) is 0 Å². The minimum absolute atomic E-state index is 0.0484. The molecule has 4 nitrogen and oxygen atoms in total. The minimum atomic E-state index is -0.540. The summed E-state index contributed by atoms with van der Waals surface area (Å²) in [7, 11) is 0. The molecular weight excluding hydrogens is 450 g/mol. The van der Waals surface area contributed by atoms with Gasteiger partial charge in [-0.05, 0) is 59.7 Å². The number of halogens is 3. The van der Waals surface area contributed by atoms with Gasteiger partial charge in [-0.15, -0.1) is 0 Å². The Hall–Kier alpha value is -3.28. The number of allylic oxidation sites excluding steroid dienone is 1. The molecule has 2 aromatic heterocycles. The zero-order valence-electron chi connectivity index (χ0n) is 17.3. The molecule has 0 aliphatic carbocycles. The van der Waals surface area contributed by atoms with E-state index in [4.69, 9.17) is 23.2 Å². The molecule has 0 bridgehead atoms. The maximum Gasteiger partial charge on any atom is 0.260 e. The van der Waals surface area contributed by atoms with Gasteiger partial charge in [0.15, 0.2) is 5.78 Å². The molecule has 1 N–H and O–H groups in total. The van der Waals surface area contributed by atoms with E-state index in [1.165, 1.54) is 24.4 Å². The standard InChI is InChI=1S/C23H13Cl2FN2O2.C2H6/c24-15-4-2-14(3-5-15)21-18-10-16(25)6-7-19(18)28-23(30)22(21)20(29)8-1-13-9-17(26)12-27-11-13;1-2/h1-12H,(H,28,30);1-2H3/b8-1+;. The summed E-state index contributed by atoms with van der Waals surface area (Å²) in [5.74, 6) is -1.06. The third-order valence-corrected chi connectivity index (χ3v) is 5.00. The highest BCUT2D eigenvalue weighted by Crippen LogP contribution is 2.32. The van der Waals surface area contributed by atoms with Crippen molar-refractivity contribution in [2.75, 3.05) is 0 Å². The number of carbonyl (C=O) groups excluding carboxylic acids is 1. The van der Waals surface area contributed by atoms with Crippen LogP contribution in [0.4, 0.5) is 4.39 Å². The average molecular weight is 469 g/mol. The van der Waals surface area contributed by atoms with Crippen LogP contribution in [0.2, 0.25) is 10.0 Å². The van der Waals surface area contributed by atoms with Crippen LogP contribution in [0.1, 0.15) is 29.8 Å². The van der Waals surface area contributed by atoms with Gasteiger partial charge < -0.3 is 4.98 Å². The topological polar surface area (TPSA) is 62.8 Å². The number of nitrogens with zero attached hydrogens (tertiary/aromatic N) is 1. The first-order valence-electron chi connectivity index (χ1n) is 9.87. The van der Waals surface area contributed by atoms with Gasteiger partial charge in [0.05, 0.1) is 11.8 Å². The number of H-pyrrole nitrogens is 1. The number of aromatic nitrogens is 2.